The van der Waals surface area contributed by atoms with Crippen LogP contribution in [0, 0.1) is 12.7 Å². The fourth-order valence-corrected chi connectivity index (χ4v) is 2.23. The van der Waals surface area contributed by atoms with Gasteiger partial charge in [-0.2, -0.15) is 5.10 Å². The first-order chi connectivity index (χ1) is 8.90. The van der Waals surface area contributed by atoms with Gasteiger partial charge in [0.05, 0.1) is 16.9 Å². The number of nitrogens with two attached hydrogens (primary N) is 1. The number of thiocarbonyl (C=S) groups is 1. The van der Waals surface area contributed by atoms with Crippen LogP contribution in [-0.4, -0.2) is 14.8 Å². The first-order valence-electron chi connectivity index (χ1n) is 5.45. The lowest BCUT2D eigenvalue weighted by Crippen LogP contribution is -2.13. The molecule has 7 heteroatoms. The average Bonchev–Trinajstić information content (AvgIpc) is 2.59. The number of benzene rings is 1. The minimum atomic E-state index is -0.419. The molecule has 0 fully saturated rings. The number of hydrogen-bond acceptors (Lipinski definition) is 3. The van der Waals surface area contributed by atoms with Crippen molar-refractivity contribution in [3.63, 3.8) is 0 Å². The molecular weight excluding hydrogens is 287 g/mol. The first kappa shape index (κ1) is 13.8. The fourth-order valence-electron chi connectivity index (χ4n) is 1.82. The Labute approximate surface area is 120 Å². The van der Waals surface area contributed by atoms with Gasteiger partial charge in [-0.25, -0.2) is 4.39 Å². The highest BCUT2D eigenvalue weighted by Gasteiger charge is 2.17. The van der Waals surface area contributed by atoms with Gasteiger partial charge >= 0.3 is 0 Å². The topological polar surface area (TPSA) is 55.9 Å². The number of nitrogens with one attached hydrogen (secondary N) is 1. The number of hydrogen-bond donors (Lipinski definition) is 2. The van der Waals surface area contributed by atoms with E-state index in [4.69, 9.17) is 29.6 Å². The van der Waals surface area contributed by atoms with Crippen LogP contribution in [-0.2, 0) is 7.05 Å². The summed E-state index contributed by atoms with van der Waals surface area (Å²) in [6, 6.07) is 4.25. The van der Waals surface area contributed by atoms with Gasteiger partial charge in [0.1, 0.15) is 16.6 Å². The average molecular weight is 299 g/mol. The fraction of sp³-hybridized carbons (Fsp3) is 0.167. The lowest BCUT2D eigenvalue weighted by molar-refractivity contribution is 0.631. The summed E-state index contributed by atoms with van der Waals surface area (Å²) in [5.74, 6) is 0.114. The van der Waals surface area contributed by atoms with Crippen LogP contribution in [0.15, 0.2) is 18.2 Å². The number of aromatic nitrogens is 2. The second-order valence-corrected chi connectivity index (χ2v) is 4.92. The van der Waals surface area contributed by atoms with E-state index in [1.54, 1.807) is 18.7 Å². The molecule has 2 rings (SSSR count). The zero-order valence-corrected chi connectivity index (χ0v) is 11.9. The monoisotopic (exact) mass is 298 g/mol. The number of nitrogens with zero attached hydrogens (tertiary/aromatic N) is 2. The molecule has 0 aliphatic carbocycles. The van der Waals surface area contributed by atoms with Crippen molar-refractivity contribution < 1.29 is 4.39 Å². The predicted octanol–water partition coefficient (Wildman–Crippen LogP) is 2.90. The molecule has 0 aliphatic heterocycles. The Hall–Kier alpha value is -1.66. The van der Waals surface area contributed by atoms with Gasteiger partial charge in [-0.3, -0.25) is 4.68 Å². The van der Waals surface area contributed by atoms with Gasteiger partial charge in [0, 0.05) is 12.1 Å². The summed E-state index contributed by atoms with van der Waals surface area (Å²) in [5, 5.41) is 7.57. The Kier molecular flexibility index (Phi) is 3.73. The number of anilines is 2. The van der Waals surface area contributed by atoms with E-state index in [1.807, 2.05) is 0 Å². The molecule has 1 heterocycles. The molecule has 0 unspecified atom stereocenters. The molecule has 0 spiro atoms. The van der Waals surface area contributed by atoms with Crippen molar-refractivity contribution in [2.75, 3.05) is 5.32 Å². The highest BCUT2D eigenvalue weighted by molar-refractivity contribution is 7.80. The lowest BCUT2D eigenvalue weighted by atomic mass is 10.2. The zero-order valence-electron chi connectivity index (χ0n) is 10.4. The Morgan fingerprint density at radius 2 is 2.21 bits per heavy atom. The molecule has 1 aromatic heterocycles. The minimum absolute atomic E-state index is 0.204. The van der Waals surface area contributed by atoms with Crippen LogP contribution in [0.1, 0.15) is 11.3 Å². The molecular formula is C12H12ClFN4S. The van der Waals surface area contributed by atoms with Crippen molar-refractivity contribution in [1.29, 1.82) is 0 Å². The second kappa shape index (κ2) is 5.14. The van der Waals surface area contributed by atoms with E-state index < -0.39 is 5.82 Å². The van der Waals surface area contributed by atoms with Crippen LogP contribution in [0.4, 0.5) is 15.9 Å². The van der Waals surface area contributed by atoms with E-state index in [9.17, 15) is 4.39 Å². The Morgan fingerprint density at radius 3 is 2.84 bits per heavy atom. The van der Waals surface area contributed by atoms with Gasteiger partial charge in [-0.05, 0) is 25.1 Å². The molecule has 0 aliphatic rings. The van der Waals surface area contributed by atoms with Crippen molar-refractivity contribution in [1.82, 2.24) is 9.78 Å². The lowest BCUT2D eigenvalue weighted by Gasteiger charge is -2.10. The van der Waals surface area contributed by atoms with Crippen molar-refractivity contribution in [2.45, 2.75) is 6.92 Å². The van der Waals surface area contributed by atoms with E-state index in [-0.39, 0.29) is 10.7 Å². The largest absolute Gasteiger partial charge is 0.389 e. The molecule has 0 saturated carbocycles. The Balaban J connectivity index is 2.49. The summed E-state index contributed by atoms with van der Waals surface area (Å²) in [5.41, 5.74) is 7.19. The summed E-state index contributed by atoms with van der Waals surface area (Å²) < 4.78 is 15.3. The Morgan fingerprint density at radius 1 is 1.53 bits per heavy atom. The van der Waals surface area contributed by atoms with Crippen LogP contribution in [0.5, 0.6) is 0 Å². The van der Waals surface area contributed by atoms with Gasteiger partial charge in [0.25, 0.3) is 0 Å². The van der Waals surface area contributed by atoms with Gasteiger partial charge in [-0.1, -0.05) is 23.8 Å². The number of halogens is 2. The summed E-state index contributed by atoms with van der Waals surface area (Å²) in [6.45, 7) is 1.79. The van der Waals surface area contributed by atoms with Crippen LogP contribution < -0.4 is 11.1 Å². The van der Waals surface area contributed by atoms with Crippen molar-refractivity contribution >= 4 is 40.3 Å². The predicted molar refractivity (Wildman–Crippen MR) is 78.5 cm³/mol. The third-order valence-electron chi connectivity index (χ3n) is 2.65. The van der Waals surface area contributed by atoms with E-state index in [2.05, 4.69) is 10.4 Å². The third-order valence-corrected chi connectivity index (χ3v) is 3.09. The third kappa shape index (κ3) is 2.69. The molecule has 19 heavy (non-hydrogen) atoms. The molecule has 0 bridgehead atoms. The molecule has 100 valence electrons. The van der Waals surface area contributed by atoms with Crippen LogP contribution >= 0.6 is 23.8 Å². The maximum atomic E-state index is 13.7. The summed E-state index contributed by atoms with van der Waals surface area (Å²) >= 11 is 10.8. The zero-order chi connectivity index (χ0) is 14.2. The summed E-state index contributed by atoms with van der Waals surface area (Å²) in [4.78, 5) is 0.204. The van der Waals surface area contributed by atoms with E-state index in [0.717, 1.165) is 0 Å². The van der Waals surface area contributed by atoms with E-state index >= 15 is 0 Å². The van der Waals surface area contributed by atoms with Crippen molar-refractivity contribution in [3.8, 4) is 0 Å². The minimum Gasteiger partial charge on any atom is -0.389 e. The number of rotatable bonds is 3. The molecule has 0 radical (unpaired) electrons. The van der Waals surface area contributed by atoms with Gasteiger partial charge < -0.3 is 11.1 Å². The standard InChI is InChI=1S/C12H12ClFN4S/c1-6-10(11(15)19)12(18(2)17-6)16-9-5-7(13)3-4-8(9)14/h3-5,16H,1-2H3,(H2,15,19). The Bertz CT molecular complexity index is 653. The highest BCUT2D eigenvalue weighted by Crippen LogP contribution is 2.26. The first-order valence-corrected chi connectivity index (χ1v) is 6.24. The quantitative estimate of drug-likeness (QED) is 0.856. The summed E-state index contributed by atoms with van der Waals surface area (Å²) in [6.07, 6.45) is 0. The molecule has 1 aromatic carbocycles. The molecule has 4 nitrogen and oxygen atoms in total. The smallest absolute Gasteiger partial charge is 0.146 e. The van der Waals surface area contributed by atoms with Crippen molar-refractivity contribution in [3.05, 3.63) is 40.3 Å². The SMILES string of the molecule is Cc1nn(C)c(Nc2cc(Cl)ccc2F)c1C(N)=S. The van der Waals surface area contributed by atoms with Gasteiger partial charge in [0.2, 0.25) is 0 Å². The number of aryl methyl sites for hydroxylation is 2. The van der Waals surface area contributed by atoms with Crippen molar-refractivity contribution in [2.24, 2.45) is 12.8 Å². The maximum absolute atomic E-state index is 13.7. The molecule has 0 saturated heterocycles. The van der Waals surface area contributed by atoms with E-state index in [1.165, 1.54) is 18.2 Å². The molecule has 0 atom stereocenters. The molecule has 3 N–H and O–H groups in total. The normalized spacial score (nSPS) is 10.5. The molecule has 2 aromatic rings. The van der Waals surface area contributed by atoms with Gasteiger partial charge in [-0.15, -0.1) is 0 Å². The maximum Gasteiger partial charge on any atom is 0.146 e. The van der Waals surface area contributed by atoms with Gasteiger partial charge in [0.15, 0.2) is 0 Å². The summed E-state index contributed by atoms with van der Waals surface area (Å²) in [7, 11) is 1.72. The van der Waals surface area contributed by atoms with Crippen LogP contribution in [0.25, 0.3) is 0 Å². The van der Waals surface area contributed by atoms with E-state index in [0.29, 0.717) is 22.1 Å². The van der Waals surface area contributed by atoms with Crippen LogP contribution in [0.2, 0.25) is 5.02 Å². The van der Waals surface area contributed by atoms with Crippen LogP contribution in [0.3, 0.4) is 0 Å². The highest BCUT2D eigenvalue weighted by atomic mass is 35.5. The second-order valence-electron chi connectivity index (χ2n) is 4.05. The molecule has 0 amide bonds.